The van der Waals surface area contributed by atoms with E-state index in [0.29, 0.717) is 41.2 Å². The molecular weight excluding hydrogens is 416 g/mol. The molecule has 31 heavy (non-hydrogen) atoms. The molecule has 2 aromatic carbocycles. The molecule has 2 aromatic rings. The quantitative estimate of drug-likeness (QED) is 0.473. The van der Waals surface area contributed by atoms with E-state index in [1.165, 1.54) is 11.8 Å². The van der Waals surface area contributed by atoms with E-state index >= 15 is 0 Å². The van der Waals surface area contributed by atoms with Crippen molar-refractivity contribution in [3.8, 4) is 0 Å². The SMILES string of the molecule is CCCOC(=O)c1ccc(NC(=O)C(CCSC)N2C(=O)c3ccccc3C2=O)cc1. The Hall–Kier alpha value is -3.13. The van der Waals surface area contributed by atoms with Crippen LogP contribution in [0.3, 0.4) is 0 Å². The molecule has 0 saturated carbocycles. The lowest BCUT2D eigenvalue weighted by Gasteiger charge is -2.25. The van der Waals surface area contributed by atoms with Crippen LogP contribution in [0.15, 0.2) is 48.5 Å². The van der Waals surface area contributed by atoms with Crippen molar-refractivity contribution >= 4 is 41.1 Å². The zero-order valence-electron chi connectivity index (χ0n) is 17.4. The second kappa shape index (κ2) is 10.3. The zero-order valence-corrected chi connectivity index (χ0v) is 18.2. The predicted octanol–water partition coefficient (Wildman–Crippen LogP) is 3.61. The van der Waals surface area contributed by atoms with Gasteiger partial charge in [0.05, 0.1) is 23.3 Å². The van der Waals surface area contributed by atoms with Crippen LogP contribution in [0.25, 0.3) is 0 Å². The predicted molar refractivity (Wildman–Crippen MR) is 119 cm³/mol. The van der Waals surface area contributed by atoms with E-state index in [0.717, 1.165) is 11.3 Å². The Balaban J connectivity index is 1.76. The second-order valence-electron chi connectivity index (χ2n) is 7.03. The Kier molecular flexibility index (Phi) is 7.46. The van der Waals surface area contributed by atoms with E-state index in [2.05, 4.69) is 5.32 Å². The molecule has 0 radical (unpaired) electrons. The van der Waals surface area contributed by atoms with E-state index in [9.17, 15) is 19.2 Å². The summed E-state index contributed by atoms with van der Waals surface area (Å²) in [6.45, 7) is 2.25. The highest BCUT2D eigenvalue weighted by Gasteiger charge is 2.42. The molecule has 8 heteroatoms. The monoisotopic (exact) mass is 440 g/mol. The van der Waals surface area contributed by atoms with E-state index in [1.807, 2.05) is 13.2 Å². The molecule has 1 unspecified atom stereocenters. The Bertz CT molecular complexity index is 955. The first-order chi connectivity index (χ1) is 15.0. The molecule has 3 amide bonds. The number of carbonyl (C=O) groups is 4. The number of nitrogens with zero attached hydrogens (tertiary/aromatic N) is 1. The molecular formula is C23H24N2O5S. The number of nitrogens with one attached hydrogen (secondary N) is 1. The summed E-state index contributed by atoms with van der Waals surface area (Å²) in [5.74, 6) is -1.20. The summed E-state index contributed by atoms with van der Waals surface area (Å²) in [4.78, 5) is 51.7. The summed E-state index contributed by atoms with van der Waals surface area (Å²) < 4.78 is 5.09. The molecule has 1 atom stereocenters. The smallest absolute Gasteiger partial charge is 0.338 e. The number of fused-ring (bicyclic) bond motifs is 1. The molecule has 0 spiro atoms. The highest BCUT2D eigenvalue weighted by Crippen LogP contribution is 2.27. The summed E-state index contributed by atoms with van der Waals surface area (Å²) >= 11 is 1.53. The Morgan fingerprint density at radius 2 is 1.65 bits per heavy atom. The standard InChI is InChI=1S/C23H24N2O5S/c1-3-13-30-23(29)15-8-10-16(11-9-15)24-20(26)19(12-14-31-2)25-21(27)17-6-4-5-7-18(17)22(25)28/h4-11,19H,3,12-14H2,1-2H3,(H,24,26). The summed E-state index contributed by atoms with van der Waals surface area (Å²) in [5.41, 5.74) is 1.46. The van der Waals surface area contributed by atoms with Crippen LogP contribution in [0.4, 0.5) is 5.69 Å². The number of benzene rings is 2. The van der Waals surface area contributed by atoms with E-state index < -0.39 is 29.7 Å². The van der Waals surface area contributed by atoms with E-state index in [-0.39, 0.29) is 0 Å². The van der Waals surface area contributed by atoms with Gasteiger partial charge in [0.15, 0.2) is 0 Å². The number of rotatable bonds is 9. The summed E-state index contributed by atoms with van der Waals surface area (Å²) in [5, 5.41) is 2.76. The van der Waals surface area contributed by atoms with Crippen LogP contribution < -0.4 is 5.32 Å². The van der Waals surface area contributed by atoms with Gasteiger partial charge in [0.25, 0.3) is 11.8 Å². The van der Waals surface area contributed by atoms with Gasteiger partial charge in [0.1, 0.15) is 6.04 Å². The average Bonchev–Trinajstić information content (AvgIpc) is 3.03. The third kappa shape index (κ3) is 4.96. The molecule has 162 valence electrons. The lowest BCUT2D eigenvalue weighted by atomic mass is 10.1. The van der Waals surface area contributed by atoms with Gasteiger partial charge in [-0.25, -0.2) is 4.79 Å². The lowest BCUT2D eigenvalue weighted by molar-refractivity contribution is -0.120. The van der Waals surface area contributed by atoms with Gasteiger partial charge in [-0.15, -0.1) is 0 Å². The van der Waals surface area contributed by atoms with Crippen LogP contribution in [-0.4, -0.2) is 53.2 Å². The first kappa shape index (κ1) is 22.6. The maximum Gasteiger partial charge on any atom is 0.338 e. The van der Waals surface area contributed by atoms with Crippen LogP contribution in [0, 0.1) is 0 Å². The third-order valence-electron chi connectivity index (χ3n) is 4.86. The Morgan fingerprint density at radius 3 is 2.19 bits per heavy atom. The van der Waals surface area contributed by atoms with Crippen LogP contribution in [0.5, 0.6) is 0 Å². The van der Waals surface area contributed by atoms with Gasteiger partial charge >= 0.3 is 5.97 Å². The first-order valence-corrected chi connectivity index (χ1v) is 11.4. The molecule has 1 aliphatic heterocycles. The van der Waals surface area contributed by atoms with Gasteiger partial charge < -0.3 is 10.1 Å². The van der Waals surface area contributed by atoms with Crippen molar-refractivity contribution in [3.63, 3.8) is 0 Å². The maximum absolute atomic E-state index is 13.0. The fourth-order valence-corrected chi connectivity index (χ4v) is 3.75. The van der Waals surface area contributed by atoms with E-state index in [4.69, 9.17) is 4.74 Å². The molecule has 3 rings (SSSR count). The van der Waals surface area contributed by atoms with E-state index in [1.54, 1.807) is 48.5 Å². The van der Waals surface area contributed by atoms with Gasteiger partial charge in [-0.05, 0) is 61.2 Å². The van der Waals surface area contributed by atoms with Gasteiger partial charge in [0.2, 0.25) is 5.91 Å². The van der Waals surface area contributed by atoms with Gasteiger partial charge in [-0.1, -0.05) is 19.1 Å². The number of hydrogen-bond acceptors (Lipinski definition) is 6. The minimum atomic E-state index is -0.936. The summed E-state index contributed by atoms with van der Waals surface area (Å²) in [7, 11) is 0. The molecule has 7 nitrogen and oxygen atoms in total. The number of anilines is 1. The van der Waals surface area contributed by atoms with Crippen molar-refractivity contribution in [2.45, 2.75) is 25.8 Å². The molecule has 1 N–H and O–H groups in total. The normalized spacial score (nSPS) is 13.7. The average molecular weight is 441 g/mol. The molecule has 1 heterocycles. The van der Waals surface area contributed by atoms with Crippen LogP contribution in [0.2, 0.25) is 0 Å². The minimum absolute atomic E-state index is 0.310. The van der Waals surface area contributed by atoms with Crippen molar-refractivity contribution in [1.82, 2.24) is 4.90 Å². The largest absolute Gasteiger partial charge is 0.462 e. The van der Waals surface area contributed by atoms with Crippen LogP contribution in [-0.2, 0) is 9.53 Å². The van der Waals surface area contributed by atoms with Crippen LogP contribution >= 0.6 is 11.8 Å². The Labute approximate surface area is 185 Å². The third-order valence-corrected chi connectivity index (χ3v) is 5.50. The van der Waals surface area contributed by atoms with Crippen molar-refractivity contribution < 1.29 is 23.9 Å². The summed E-state index contributed by atoms with van der Waals surface area (Å²) in [6, 6.07) is 11.9. The highest BCUT2D eigenvalue weighted by atomic mass is 32.2. The van der Waals surface area contributed by atoms with Gasteiger partial charge in [-0.3, -0.25) is 19.3 Å². The van der Waals surface area contributed by atoms with Crippen LogP contribution in [0.1, 0.15) is 50.8 Å². The number of imide groups is 1. The maximum atomic E-state index is 13.0. The Morgan fingerprint density at radius 1 is 1.03 bits per heavy atom. The lowest BCUT2D eigenvalue weighted by Crippen LogP contribution is -2.47. The molecule has 0 bridgehead atoms. The number of carbonyl (C=O) groups excluding carboxylic acids is 4. The minimum Gasteiger partial charge on any atom is -0.462 e. The van der Waals surface area contributed by atoms with Gasteiger partial charge in [0, 0.05) is 5.69 Å². The molecule has 0 fully saturated rings. The fraction of sp³-hybridized carbons (Fsp3) is 0.304. The molecule has 1 aliphatic rings. The van der Waals surface area contributed by atoms with Crippen molar-refractivity contribution in [2.75, 3.05) is 23.9 Å². The topological polar surface area (TPSA) is 92.8 Å². The molecule has 0 aromatic heterocycles. The highest BCUT2D eigenvalue weighted by molar-refractivity contribution is 7.98. The molecule has 0 saturated heterocycles. The van der Waals surface area contributed by atoms with Crippen molar-refractivity contribution in [2.24, 2.45) is 0 Å². The number of esters is 1. The number of hydrogen-bond donors (Lipinski definition) is 1. The fourth-order valence-electron chi connectivity index (χ4n) is 3.29. The number of amides is 3. The molecule has 0 aliphatic carbocycles. The van der Waals surface area contributed by atoms with Crippen molar-refractivity contribution in [3.05, 3.63) is 65.2 Å². The van der Waals surface area contributed by atoms with Gasteiger partial charge in [-0.2, -0.15) is 11.8 Å². The zero-order chi connectivity index (χ0) is 22.4. The van der Waals surface area contributed by atoms with Crippen molar-refractivity contribution in [1.29, 1.82) is 0 Å². The number of ether oxygens (including phenoxy) is 1. The second-order valence-corrected chi connectivity index (χ2v) is 8.01. The number of thioether (sulfide) groups is 1. The summed E-state index contributed by atoms with van der Waals surface area (Å²) in [6.07, 6.45) is 2.96. The first-order valence-electron chi connectivity index (χ1n) is 10.0.